The van der Waals surface area contributed by atoms with Crippen LogP contribution in [-0.4, -0.2) is 16.1 Å². The number of carbonyl (C=O) groups is 1. The lowest BCUT2D eigenvalue weighted by Gasteiger charge is -2.00. The highest BCUT2D eigenvalue weighted by Gasteiger charge is 2.12. The molecule has 0 aliphatic carbocycles. The summed E-state index contributed by atoms with van der Waals surface area (Å²) in [7, 11) is 0. The van der Waals surface area contributed by atoms with Crippen LogP contribution in [0.2, 0.25) is 0 Å². The number of benzene rings is 1. The third-order valence-corrected chi connectivity index (χ3v) is 1.80. The Morgan fingerprint density at radius 2 is 2.12 bits per heavy atom. The predicted octanol–water partition coefficient (Wildman–Crippen LogP) is 2.44. The number of rotatable bonds is 3. The highest BCUT2D eigenvalue weighted by atomic mass is 19.2. The van der Waals surface area contributed by atoms with Crippen LogP contribution in [0.15, 0.2) is 28.9 Å². The van der Waals surface area contributed by atoms with Crippen LogP contribution in [0.4, 0.5) is 8.78 Å². The van der Waals surface area contributed by atoms with Crippen molar-refractivity contribution in [3.8, 4) is 11.8 Å². The topological polar surface area (TPSA) is 72.6 Å². The third kappa shape index (κ3) is 2.39. The molecular weight excluding hydrogens is 236 g/mol. The maximum absolute atomic E-state index is 12.8. The first-order valence-corrected chi connectivity index (χ1v) is 4.38. The van der Waals surface area contributed by atoms with Gasteiger partial charge in [0.25, 0.3) is 0 Å². The minimum Gasteiger partial charge on any atom is -0.476 e. The lowest BCUT2D eigenvalue weighted by atomic mass is 10.3. The molecule has 0 saturated carbocycles. The average molecular weight is 241 g/mol. The van der Waals surface area contributed by atoms with Crippen molar-refractivity contribution >= 4 is 5.97 Å². The zero-order valence-corrected chi connectivity index (χ0v) is 8.18. The van der Waals surface area contributed by atoms with Gasteiger partial charge >= 0.3 is 12.0 Å². The number of carboxylic acids is 1. The smallest absolute Gasteiger partial charge is 0.399 e. The Hall–Kier alpha value is -2.44. The van der Waals surface area contributed by atoms with Crippen LogP contribution >= 0.6 is 0 Å². The van der Waals surface area contributed by atoms with Gasteiger partial charge in [-0.15, -0.1) is 0 Å². The van der Waals surface area contributed by atoms with Gasteiger partial charge in [0, 0.05) is 6.07 Å². The second kappa shape index (κ2) is 4.20. The van der Waals surface area contributed by atoms with E-state index < -0.39 is 17.6 Å². The molecule has 0 unspecified atom stereocenters. The first-order chi connectivity index (χ1) is 8.06. The first-order valence-electron chi connectivity index (χ1n) is 4.38. The fourth-order valence-corrected chi connectivity index (χ4v) is 1.04. The highest BCUT2D eigenvalue weighted by Crippen LogP contribution is 2.22. The summed E-state index contributed by atoms with van der Waals surface area (Å²) in [6.07, 6.45) is 0.505. The molecule has 0 saturated heterocycles. The normalized spacial score (nSPS) is 10.2. The van der Waals surface area contributed by atoms with E-state index in [1.807, 2.05) is 0 Å². The molecule has 5 nitrogen and oxygen atoms in total. The molecule has 1 heterocycles. The quantitative estimate of drug-likeness (QED) is 0.893. The molecular formula is C10H5F2NO4. The molecule has 1 aromatic carbocycles. The van der Waals surface area contributed by atoms with Crippen molar-refractivity contribution in [1.29, 1.82) is 0 Å². The molecule has 0 aliphatic rings. The number of nitrogens with zero attached hydrogens (tertiary/aromatic N) is 1. The zero-order valence-electron chi connectivity index (χ0n) is 8.18. The van der Waals surface area contributed by atoms with Gasteiger partial charge in [0.05, 0.1) is 0 Å². The molecule has 1 aromatic heterocycles. The second-order valence-electron chi connectivity index (χ2n) is 2.98. The second-order valence-corrected chi connectivity index (χ2v) is 2.98. The Bertz CT molecular complexity index is 567. The zero-order chi connectivity index (χ0) is 12.4. The molecule has 0 atom stereocenters. The number of aromatic carboxylic acids is 1. The van der Waals surface area contributed by atoms with E-state index in [9.17, 15) is 13.6 Å². The minimum absolute atomic E-state index is 0.0531. The van der Waals surface area contributed by atoms with Crippen molar-refractivity contribution in [2.24, 2.45) is 0 Å². The van der Waals surface area contributed by atoms with Gasteiger partial charge in [-0.1, -0.05) is 0 Å². The van der Waals surface area contributed by atoms with Crippen LogP contribution in [0, 0.1) is 11.6 Å². The monoisotopic (exact) mass is 241 g/mol. The molecule has 88 valence electrons. The van der Waals surface area contributed by atoms with Gasteiger partial charge in [-0.2, -0.15) is 4.98 Å². The summed E-state index contributed by atoms with van der Waals surface area (Å²) >= 11 is 0. The molecule has 2 aromatic rings. The summed E-state index contributed by atoms with van der Waals surface area (Å²) in [5.41, 5.74) is -0.345. The molecule has 7 heteroatoms. The van der Waals surface area contributed by atoms with Gasteiger partial charge in [-0.25, -0.2) is 13.6 Å². The summed E-state index contributed by atoms with van der Waals surface area (Å²) < 4.78 is 35.0. The summed E-state index contributed by atoms with van der Waals surface area (Å²) in [4.78, 5) is 13.9. The van der Waals surface area contributed by atoms with Gasteiger partial charge < -0.3 is 14.3 Å². The van der Waals surface area contributed by atoms with Crippen LogP contribution in [0.5, 0.6) is 11.8 Å². The van der Waals surface area contributed by atoms with Crippen molar-refractivity contribution in [2.75, 3.05) is 0 Å². The van der Waals surface area contributed by atoms with Crippen LogP contribution in [0.3, 0.4) is 0 Å². The Morgan fingerprint density at radius 1 is 1.35 bits per heavy atom. The van der Waals surface area contributed by atoms with E-state index in [1.54, 1.807) is 0 Å². The fourth-order valence-electron chi connectivity index (χ4n) is 1.04. The number of hydrogen-bond donors (Lipinski definition) is 1. The van der Waals surface area contributed by atoms with Crippen LogP contribution in [-0.2, 0) is 0 Å². The summed E-state index contributed by atoms with van der Waals surface area (Å²) in [5, 5.41) is 8.56. The standard InChI is InChI=1S/C10H5F2NO4/c11-6-2-1-5(3-7(6)12)17-10-13-8(4-16-10)9(14)15/h1-4H,(H,14,15). The van der Waals surface area contributed by atoms with E-state index in [4.69, 9.17) is 9.84 Å². The van der Waals surface area contributed by atoms with E-state index in [1.165, 1.54) is 0 Å². The molecule has 0 radical (unpaired) electrons. The summed E-state index contributed by atoms with van der Waals surface area (Å²) in [6.45, 7) is 0. The molecule has 17 heavy (non-hydrogen) atoms. The Morgan fingerprint density at radius 3 is 2.71 bits per heavy atom. The van der Waals surface area contributed by atoms with Gasteiger partial charge in [0.15, 0.2) is 17.3 Å². The first kappa shape index (κ1) is 11.1. The van der Waals surface area contributed by atoms with Crippen molar-refractivity contribution in [2.45, 2.75) is 0 Å². The molecule has 1 N–H and O–H groups in total. The van der Waals surface area contributed by atoms with Gasteiger partial charge in [0.2, 0.25) is 0 Å². The van der Waals surface area contributed by atoms with Crippen molar-refractivity contribution in [3.05, 3.63) is 41.8 Å². The Balaban J connectivity index is 2.19. The van der Waals surface area contributed by atoms with E-state index in [0.29, 0.717) is 0 Å². The summed E-state index contributed by atoms with van der Waals surface area (Å²) in [6, 6.07) is 2.81. The molecule has 0 fully saturated rings. The number of carboxylic acid groups (broad SMARTS) is 1. The van der Waals surface area contributed by atoms with Gasteiger partial charge in [-0.3, -0.25) is 0 Å². The van der Waals surface area contributed by atoms with Crippen molar-refractivity contribution in [1.82, 2.24) is 4.98 Å². The van der Waals surface area contributed by atoms with E-state index in [-0.39, 0.29) is 17.5 Å². The summed E-state index contributed by atoms with van der Waals surface area (Å²) in [5.74, 6) is -3.44. The maximum Gasteiger partial charge on any atom is 0.399 e. The maximum atomic E-state index is 12.8. The number of halogens is 2. The van der Waals surface area contributed by atoms with Gasteiger partial charge in [0.1, 0.15) is 12.0 Å². The van der Waals surface area contributed by atoms with Crippen LogP contribution < -0.4 is 4.74 Å². The van der Waals surface area contributed by atoms with E-state index in [2.05, 4.69) is 9.40 Å². The predicted molar refractivity (Wildman–Crippen MR) is 49.9 cm³/mol. The van der Waals surface area contributed by atoms with E-state index in [0.717, 1.165) is 24.5 Å². The highest BCUT2D eigenvalue weighted by molar-refractivity contribution is 5.84. The lowest BCUT2D eigenvalue weighted by Crippen LogP contribution is -1.96. The van der Waals surface area contributed by atoms with Crippen molar-refractivity contribution < 1.29 is 27.8 Å². The molecule has 0 spiro atoms. The fraction of sp³-hybridized carbons (Fsp3) is 0. The number of oxazole rings is 1. The van der Waals surface area contributed by atoms with E-state index >= 15 is 0 Å². The third-order valence-electron chi connectivity index (χ3n) is 1.80. The Labute approximate surface area is 93.3 Å². The molecule has 0 aliphatic heterocycles. The Kier molecular flexibility index (Phi) is 2.73. The molecule has 0 amide bonds. The number of ether oxygens (including phenoxy) is 1. The molecule has 0 bridgehead atoms. The van der Waals surface area contributed by atoms with Crippen molar-refractivity contribution in [3.63, 3.8) is 0 Å². The largest absolute Gasteiger partial charge is 0.476 e. The van der Waals surface area contributed by atoms with Crippen LogP contribution in [0.1, 0.15) is 10.5 Å². The van der Waals surface area contributed by atoms with Gasteiger partial charge in [-0.05, 0) is 12.1 Å². The molecule has 2 rings (SSSR count). The SMILES string of the molecule is O=C(O)c1coc(Oc2ccc(F)c(F)c2)n1. The minimum atomic E-state index is -1.28. The average Bonchev–Trinajstić information content (AvgIpc) is 2.72. The number of aromatic nitrogens is 1. The lowest BCUT2D eigenvalue weighted by molar-refractivity contribution is 0.0690. The van der Waals surface area contributed by atoms with Crippen LogP contribution in [0.25, 0.3) is 0 Å². The number of hydrogen-bond acceptors (Lipinski definition) is 4.